The summed E-state index contributed by atoms with van der Waals surface area (Å²) >= 11 is 5.70. The minimum Gasteiger partial charge on any atom is -0.511 e. The first-order valence-electron chi connectivity index (χ1n) is 8.91. The van der Waals surface area contributed by atoms with Crippen LogP contribution >= 0.6 is 11.6 Å². The van der Waals surface area contributed by atoms with E-state index in [1.807, 2.05) is 0 Å². The van der Waals surface area contributed by atoms with Crippen molar-refractivity contribution in [3.05, 3.63) is 63.9 Å². The quantitative estimate of drug-likeness (QED) is 0.328. The lowest BCUT2D eigenvalue weighted by atomic mass is 10.1. The van der Waals surface area contributed by atoms with Gasteiger partial charge in [0, 0.05) is 11.8 Å². The van der Waals surface area contributed by atoms with Gasteiger partial charge in [0.2, 0.25) is 0 Å². The number of ether oxygens (including phenoxy) is 1. The molecule has 0 saturated carbocycles. The van der Waals surface area contributed by atoms with E-state index in [1.54, 1.807) is 13.8 Å². The molecule has 2 rings (SSSR count). The lowest BCUT2D eigenvalue weighted by Gasteiger charge is -2.17. The molecule has 0 aromatic heterocycles. The van der Waals surface area contributed by atoms with E-state index >= 15 is 0 Å². The molecular weight excluding hydrogens is 432 g/mol. The Labute approximate surface area is 181 Å². The summed E-state index contributed by atoms with van der Waals surface area (Å²) < 4.78 is 33.5. The van der Waals surface area contributed by atoms with Crippen molar-refractivity contribution >= 4 is 34.8 Å². The number of benzene rings is 2. The van der Waals surface area contributed by atoms with E-state index in [0.717, 1.165) is 25.1 Å². The second-order valence-electron chi connectivity index (χ2n) is 6.60. The van der Waals surface area contributed by atoms with Crippen LogP contribution in [0.2, 0.25) is 5.02 Å². The van der Waals surface area contributed by atoms with Crippen molar-refractivity contribution in [2.24, 2.45) is 0 Å². The molecular formula is C21H18ClF2N3O4. The van der Waals surface area contributed by atoms with Gasteiger partial charge in [0.1, 0.15) is 29.2 Å². The number of hydrogen-bond acceptors (Lipinski definition) is 5. The normalized spacial score (nSPS) is 11.4. The number of allylic oxidation sites excluding steroid dienone is 1. The summed E-state index contributed by atoms with van der Waals surface area (Å²) in [6.07, 6.45) is -0.407. The summed E-state index contributed by atoms with van der Waals surface area (Å²) in [6, 6.07) is 6.97. The topological polar surface area (TPSA) is 111 Å². The Morgan fingerprint density at radius 2 is 1.84 bits per heavy atom. The van der Waals surface area contributed by atoms with E-state index in [4.69, 9.17) is 21.6 Å². The molecule has 0 bridgehead atoms. The fourth-order valence-electron chi connectivity index (χ4n) is 2.43. The molecule has 0 fully saturated rings. The smallest absolute Gasteiger partial charge is 0.269 e. The van der Waals surface area contributed by atoms with Crippen molar-refractivity contribution in [2.75, 3.05) is 10.6 Å². The summed E-state index contributed by atoms with van der Waals surface area (Å²) in [6.45, 7) is 4.49. The Balaban J connectivity index is 2.41. The van der Waals surface area contributed by atoms with Crippen LogP contribution in [-0.4, -0.2) is 23.0 Å². The van der Waals surface area contributed by atoms with Crippen LogP contribution in [0.1, 0.15) is 31.1 Å². The van der Waals surface area contributed by atoms with Crippen molar-refractivity contribution < 1.29 is 28.2 Å². The molecule has 7 nitrogen and oxygen atoms in total. The summed E-state index contributed by atoms with van der Waals surface area (Å²) in [5, 5.41) is 22.8. The van der Waals surface area contributed by atoms with Gasteiger partial charge in [-0.15, -0.1) is 0 Å². The fraction of sp³-hybridized carbons (Fsp3) is 0.190. The van der Waals surface area contributed by atoms with Crippen LogP contribution in [0, 0.1) is 23.0 Å². The zero-order valence-electron chi connectivity index (χ0n) is 16.7. The van der Waals surface area contributed by atoms with Crippen LogP contribution < -0.4 is 15.4 Å². The van der Waals surface area contributed by atoms with Crippen molar-refractivity contribution in [1.82, 2.24) is 0 Å². The molecule has 0 unspecified atom stereocenters. The molecule has 162 valence electrons. The number of nitrogens with one attached hydrogen (secondary N) is 2. The van der Waals surface area contributed by atoms with Crippen LogP contribution in [0.15, 0.2) is 41.7 Å². The number of carbonyl (C=O) groups is 2. The third-order valence-electron chi connectivity index (χ3n) is 3.80. The Kier molecular flexibility index (Phi) is 7.56. The average molecular weight is 450 g/mol. The Morgan fingerprint density at radius 1 is 1.16 bits per heavy atom. The number of aliphatic hydroxyl groups is 1. The van der Waals surface area contributed by atoms with E-state index < -0.39 is 40.9 Å². The van der Waals surface area contributed by atoms with E-state index in [2.05, 4.69) is 10.6 Å². The number of aliphatic hydroxyl groups excluding tert-OH is 1. The van der Waals surface area contributed by atoms with Crippen LogP contribution in [0.25, 0.3) is 0 Å². The van der Waals surface area contributed by atoms with Gasteiger partial charge in [0.15, 0.2) is 5.57 Å². The summed E-state index contributed by atoms with van der Waals surface area (Å²) in [5.41, 5.74) is -0.984. The molecule has 2 aromatic rings. The third kappa shape index (κ3) is 5.93. The molecule has 0 aliphatic heterocycles. The highest BCUT2D eigenvalue weighted by Crippen LogP contribution is 2.29. The number of nitrogens with zero attached hydrogens (tertiary/aromatic N) is 1. The SMILES string of the molecule is C/C(O)=C(\C#N)C(=O)Nc1cc(OC(C)C)c(C(=O)Nc2ccc(F)c(Cl)c2)cc1F. The lowest BCUT2D eigenvalue weighted by Crippen LogP contribution is -2.19. The molecule has 31 heavy (non-hydrogen) atoms. The van der Waals surface area contributed by atoms with Gasteiger partial charge in [-0.3, -0.25) is 9.59 Å². The Morgan fingerprint density at radius 3 is 2.39 bits per heavy atom. The summed E-state index contributed by atoms with van der Waals surface area (Å²) in [7, 11) is 0. The molecule has 0 heterocycles. The Hall–Kier alpha value is -3.64. The van der Waals surface area contributed by atoms with Crippen LogP contribution in [-0.2, 0) is 4.79 Å². The highest BCUT2D eigenvalue weighted by molar-refractivity contribution is 6.31. The number of rotatable bonds is 6. The second kappa shape index (κ2) is 9.91. The van der Waals surface area contributed by atoms with Crippen LogP contribution in [0.5, 0.6) is 5.75 Å². The van der Waals surface area contributed by atoms with Crippen molar-refractivity contribution in [2.45, 2.75) is 26.9 Å². The van der Waals surface area contributed by atoms with Gasteiger partial charge >= 0.3 is 0 Å². The standard InChI is InChI=1S/C21H18ClF2N3O4/c1-10(2)31-19-8-18(27-21(30)14(9-25)11(3)28)17(24)7-13(19)20(29)26-12-4-5-16(23)15(22)6-12/h4-8,10,28H,1-3H3,(H,26,29)(H,27,30)/b14-11-. The molecule has 0 radical (unpaired) electrons. The number of nitriles is 1. The van der Waals surface area contributed by atoms with E-state index in [0.29, 0.717) is 0 Å². The largest absolute Gasteiger partial charge is 0.511 e. The van der Waals surface area contributed by atoms with Crippen LogP contribution in [0.4, 0.5) is 20.2 Å². The second-order valence-corrected chi connectivity index (χ2v) is 7.01. The van der Waals surface area contributed by atoms with E-state index in [9.17, 15) is 23.5 Å². The first kappa shape index (κ1) is 23.6. The highest BCUT2D eigenvalue weighted by atomic mass is 35.5. The summed E-state index contributed by atoms with van der Waals surface area (Å²) in [5.74, 6) is -4.04. The number of anilines is 2. The van der Waals surface area contributed by atoms with Crippen molar-refractivity contribution in [3.63, 3.8) is 0 Å². The number of amides is 2. The molecule has 0 aliphatic rings. The van der Waals surface area contributed by atoms with Gasteiger partial charge in [-0.2, -0.15) is 5.26 Å². The number of halogens is 3. The van der Waals surface area contributed by atoms with Gasteiger partial charge < -0.3 is 20.5 Å². The molecule has 0 saturated heterocycles. The van der Waals surface area contributed by atoms with Crippen LogP contribution in [0.3, 0.4) is 0 Å². The number of hydrogen-bond donors (Lipinski definition) is 3. The highest BCUT2D eigenvalue weighted by Gasteiger charge is 2.21. The van der Waals surface area contributed by atoms with Gasteiger partial charge in [-0.25, -0.2) is 8.78 Å². The molecule has 2 aromatic carbocycles. The minimum atomic E-state index is -1.03. The zero-order chi connectivity index (χ0) is 23.3. The molecule has 0 atom stereocenters. The van der Waals surface area contributed by atoms with E-state index in [-0.39, 0.29) is 27.7 Å². The monoisotopic (exact) mass is 449 g/mol. The lowest BCUT2D eigenvalue weighted by molar-refractivity contribution is -0.112. The fourth-order valence-corrected chi connectivity index (χ4v) is 2.61. The van der Waals surface area contributed by atoms with Gasteiger partial charge in [0.25, 0.3) is 11.8 Å². The Bertz CT molecular complexity index is 1110. The van der Waals surface area contributed by atoms with Gasteiger partial charge in [0.05, 0.1) is 22.4 Å². The maximum atomic E-state index is 14.6. The third-order valence-corrected chi connectivity index (χ3v) is 4.09. The molecule has 2 amide bonds. The molecule has 10 heteroatoms. The summed E-state index contributed by atoms with van der Waals surface area (Å²) in [4.78, 5) is 24.8. The molecule has 0 aliphatic carbocycles. The first-order valence-corrected chi connectivity index (χ1v) is 9.29. The van der Waals surface area contributed by atoms with Crippen molar-refractivity contribution in [3.8, 4) is 11.8 Å². The first-order chi connectivity index (χ1) is 14.5. The predicted molar refractivity (Wildman–Crippen MR) is 111 cm³/mol. The maximum Gasteiger partial charge on any atom is 0.269 e. The van der Waals surface area contributed by atoms with Gasteiger partial charge in [-0.05, 0) is 45.0 Å². The average Bonchev–Trinajstić information content (AvgIpc) is 2.66. The predicted octanol–water partition coefficient (Wildman–Crippen LogP) is 4.95. The molecule has 3 N–H and O–H groups in total. The molecule has 0 spiro atoms. The number of carbonyl (C=O) groups excluding carboxylic acids is 2. The van der Waals surface area contributed by atoms with Gasteiger partial charge in [-0.1, -0.05) is 11.6 Å². The van der Waals surface area contributed by atoms with Crippen molar-refractivity contribution in [1.29, 1.82) is 5.26 Å². The van der Waals surface area contributed by atoms with E-state index in [1.165, 1.54) is 18.2 Å². The minimum absolute atomic E-state index is 0.0550. The zero-order valence-corrected chi connectivity index (χ0v) is 17.5. The maximum absolute atomic E-state index is 14.6.